The van der Waals surface area contributed by atoms with Gasteiger partial charge in [-0.2, -0.15) is 4.39 Å². The monoisotopic (exact) mass is 181 g/mol. The number of hydrogen-bond acceptors (Lipinski definition) is 1. The molecule has 0 bridgehead atoms. The van der Waals surface area contributed by atoms with E-state index < -0.39 is 28.3 Å². The maximum absolute atomic E-state index is 12.6. The fourth-order valence-corrected chi connectivity index (χ4v) is 0.806. The zero-order valence-electron chi connectivity index (χ0n) is 5.46. The quantitative estimate of drug-likeness (QED) is 0.561. The lowest BCUT2D eigenvalue weighted by Gasteiger charge is -1.99. The molecule has 0 unspecified atom stereocenters. The first-order chi connectivity index (χ1) is 5.04. The standard InChI is InChI=1S/C6H3ClF3N/c1-2-3(8)5(7)11-6(10)4(2)9/h1H3. The van der Waals surface area contributed by atoms with Crippen LogP contribution < -0.4 is 0 Å². The highest BCUT2D eigenvalue weighted by atomic mass is 35.5. The molecule has 5 heteroatoms. The van der Waals surface area contributed by atoms with E-state index in [-0.39, 0.29) is 0 Å². The molecule has 0 aliphatic heterocycles. The number of pyridine rings is 1. The van der Waals surface area contributed by atoms with Crippen LogP contribution in [0.3, 0.4) is 0 Å². The number of nitrogens with zero attached hydrogens (tertiary/aromatic N) is 1. The average molecular weight is 182 g/mol. The lowest BCUT2D eigenvalue weighted by atomic mass is 10.3. The fraction of sp³-hybridized carbons (Fsp3) is 0.167. The molecule has 0 aromatic carbocycles. The van der Waals surface area contributed by atoms with Gasteiger partial charge >= 0.3 is 0 Å². The maximum atomic E-state index is 12.6. The first kappa shape index (κ1) is 8.33. The third kappa shape index (κ3) is 1.30. The Morgan fingerprint density at radius 1 is 1.18 bits per heavy atom. The van der Waals surface area contributed by atoms with Gasteiger partial charge in [0.2, 0.25) is 0 Å². The van der Waals surface area contributed by atoms with Crippen molar-refractivity contribution in [1.29, 1.82) is 0 Å². The maximum Gasteiger partial charge on any atom is 0.250 e. The van der Waals surface area contributed by atoms with E-state index >= 15 is 0 Å². The molecule has 0 spiro atoms. The summed E-state index contributed by atoms with van der Waals surface area (Å²) in [6.45, 7) is 1.08. The van der Waals surface area contributed by atoms with E-state index in [1.54, 1.807) is 0 Å². The molecule has 11 heavy (non-hydrogen) atoms. The largest absolute Gasteiger partial charge is 0.250 e. The molecule has 0 aliphatic rings. The normalized spacial score (nSPS) is 10.3. The van der Waals surface area contributed by atoms with Gasteiger partial charge < -0.3 is 0 Å². The van der Waals surface area contributed by atoms with Gasteiger partial charge in [-0.15, -0.1) is 0 Å². The van der Waals surface area contributed by atoms with E-state index in [1.165, 1.54) is 0 Å². The molecule has 0 atom stereocenters. The van der Waals surface area contributed by atoms with Crippen molar-refractivity contribution >= 4 is 11.6 Å². The summed E-state index contributed by atoms with van der Waals surface area (Å²) in [4.78, 5) is 2.78. The van der Waals surface area contributed by atoms with Crippen LogP contribution in [0.5, 0.6) is 0 Å². The van der Waals surface area contributed by atoms with Gasteiger partial charge in [0, 0.05) is 5.56 Å². The number of halogens is 4. The molecule has 0 saturated carbocycles. The third-order valence-corrected chi connectivity index (χ3v) is 1.47. The number of rotatable bonds is 0. The second kappa shape index (κ2) is 2.70. The van der Waals surface area contributed by atoms with Gasteiger partial charge in [0.05, 0.1) is 0 Å². The Labute approximate surface area is 65.8 Å². The van der Waals surface area contributed by atoms with Crippen molar-refractivity contribution in [3.63, 3.8) is 0 Å². The van der Waals surface area contributed by atoms with Crippen LogP contribution in [0.25, 0.3) is 0 Å². The molecule has 0 amide bonds. The van der Waals surface area contributed by atoms with E-state index in [2.05, 4.69) is 4.98 Å². The Morgan fingerprint density at radius 2 is 1.73 bits per heavy atom. The zero-order chi connectivity index (χ0) is 8.59. The summed E-state index contributed by atoms with van der Waals surface area (Å²) in [6, 6.07) is 0. The molecule has 1 aromatic heterocycles. The van der Waals surface area contributed by atoms with E-state index in [9.17, 15) is 13.2 Å². The van der Waals surface area contributed by atoms with E-state index in [0.29, 0.717) is 0 Å². The van der Waals surface area contributed by atoms with E-state index in [4.69, 9.17) is 11.6 Å². The number of aromatic nitrogens is 1. The molecule has 0 saturated heterocycles. The van der Waals surface area contributed by atoms with Crippen molar-refractivity contribution in [2.75, 3.05) is 0 Å². The van der Waals surface area contributed by atoms with Crippen LogP contribution in [-0.4, -0.2) is 4.98 Å². The Kier molecular flexibility index (Phi) is 2.04. The molecule has 1 nitrogen and oxygen atoms in total. The van der Waals surface area contributed by atoms with Crippen molar-refractivity contribution in [1.82, 2.24) is 4.98 Å². The molecule has 60 valence electrons. The van der Waals surface area contributed by atoms with Crippen LogP contribution in [-0.2, 0) is 0 Å². The van der Waals surface area contributed by atoms with Crippen LogP contribution in [0.4, 0.5) is 13.2 Å². The third-order valence-electron chi connectivity index (χ3n) is 1.22. The summed E-state index contributed by atoms with van der Waals surface area (Å²) in [5, 5.41) is -0.651. The fourth-order valence-electron chi connectivity index (χ4n) is 0.590. The van der Waals surface area contributed by atoms with Crippen molar-refractivity contribution in [2.45, 2.75) is 6.92 Å². The summed E-state index contributed by atoms with van der Waals surface area (Å²) in [7, 11) is 0. The molecule has 0 fully saturated rings. The number of hydrogen-bond donors (Lipinski definition) is 0. The molecule has 1 rings (SSSR count). The molecule has 0 N–H and O–H groups in total. The summed E-state index contributed by atoms with van der Waals surface area (Å²) in [6.07, 6.45) is 0. The SMILES string of the molecule is Cc1c(F)c(F)nc(Cl)c1F. The zero-order valence-corrected chi connectivity index (χ0v) is 6.22. The Hall–Kier alpha value is -0.770. The molecule has 0 radical (unpaired) electrons. The van der Waals surface area contributed by atoms with Gasteiger partial charge in [0.25, 0.3) is 5.95 Å². The minimum atomic E-state index is -1.38. The highest BCUT2D eigenvalue weighted by molar-refractivity contribution is 6.29. The smallest absolute Gasteiger partial charge is 0.203 e. The Bertz CT molecular complexity index is 274. The minimum Gasteiger partial charge on any atom is -0.203 e. The van der Waals surface area contributed by atoms with Crippen LogP contribution >= 0.6 is 11.6 Å². The van der Waals surface area contributed by atoms with Crippen molar-refractivity contribution < 1.29 is 13.2 Å². The topological polar surface area (TPSA) is 12.9 Å². The first-order valence-corrected chi connectivity index (χ1v) is 3.08. The highest BCUT2D eigenvalue weighted by Crippen LogP contribution is 2.19. The van der Waals surface area contributed by atoms with Gasteiger partial charge in [-0.25, -0.2) is 13.8 Å². The minimum absolute atomic E-state index is 0.456. The van der Waals surface area contributed by atoms with Crippen molar-refractivity contribution in [3.8, 4) is 0 Å². The molecule has 1 heterocycles. The summed E-state index contributed by atoms with van der Waals surface area (Å²) >= 11 is 5.10. The predicted octanol–water partition coefficient (Wildman–Crippen LogP) is 2.46. The molecular weight excluding hydrogens is 179 g/mol. The second-order valence-corrected chi connectivity index (χ2v) is 2.30. The highest BCUT2D eigenvalue weighted by Gasteiger charge is 2.14. The summed E-state index contributed by atoms with van der Waals surface area (Å²) in [5.41, 5.74) is -0.456. The van der Waals surface area contributed by atoms with Gasteiger partial charge in [0.15, 0.2) is 16.8 Å². The van der Waals surface area contributed by atoms with Gasteiger partial charge in [0.1, 0.15) is 0 Å². The van der Waals surface area contributed by atoms with Crippen LogP contribution in [0.2, 0.25) is 5.15 Å². The molecular formula is C6H3ClF3N. The van der Waals surface area contributed by atoms with Crippen LogP contribution in [0, 0.1) is 24.5 Å². The average Bonchev–Trinajstić information content (AvgIpc) is 1.97. The van der Waals surface area contributed by atoms with Crippen LogP contribution in [0.15, 0.2) is 0 Å². The molecule has 0 aliphatic carbocycles. The Balaban J connectivity index is 3.46. The van der Waals surface area contributed by atoms with E-state index in [1.807, 2.05) is 0 Å². The van der Waals surface area contributed by atoms with Gasteiger partial charge in [-0.1, -0.05) is 11.6 Å². The first-order valence-electron chi connectivity index (χ1n) is 2.70. The van der Waals surface area contributed by atoms with Crippen LogP contribution in [0.1, 0.15) is 5.56 Å². The van der Waals surface area contributed by atoms with E-state index in [0.717, 1.165) is 6.92 Å². The Morgan fingerprint density at radius 3 is 2.27 bits per heavy atom. The van der Waals surface area contributed by atoms with Crippen molar-refractivity contribution in [3.05, 3.63) is 28.3 Å². The lowest BCUT2D eigenvalue weighted by molar-refractivity contribution is 0.457. The summed E-state index contributed by atoms with van der Waals surface area (Å²) < 4.78 is 37.3. The lowest BCUT2D eigenvalue weighted by Crippen LogP contribution is -1.98. The van der Waals surface area contributed by atoms with Gasteiger partial charge in [-0.05, 0) is 6.92 Å². The molecule has 1 aromatic rings. The van der Waals surface area contributed by atoms with Crippen molar-refractivity contribution in [2.24, 2.45) is 0 Å². The second-order valence-electron chi connectivity index (χ2n) is 1.95. The van der Waals surface area contributed by atoms with Gasteiger partial charge in [-0.3, -0.25) is 0 Å². The predicted molar refractivity (Wildman–Crippen MR) is 33.9 cm³/mol. The summed E-state index contributed by atoms with van der Waals surface area (Å²) in [5.74, 6) is -3.70.